The van der Waals surface area contributed by atoms with E-state index in [1.807, 2.05) is 35.2 Å². The predicted molar refractivity (Wildman–Crippen MR) is 75.7 cm³/mol. The molecule has 1 aromatic rings. The fraction of sp³-hybridized carbons (Fsp3) is 0.417. The Morgan fingerprint density at radius 2 is 2.11 bits per heavy atom. The number of rotatable bonds is 2. The summed E-state index contributed by atoms with van der Waals surface area (Å²) in [7, 11) is -2.67. The van der Waals surface area contributed by atoms with Crippen molar-refractivity contribution in [3.8, 4) is 0 Å². The smallest absolute Gasteiger partial charge is 0.218 e. The zero-order valence-corrected chi connectivity index (χ0v) is 11.4. The van der Waals surface area contributed by atoms with Crippen molar-refractivity contribution in [3.05, 3.63) is 35.9 Å². The lowest BCUT2D eigenvalue weighted by atomic mass is 10.1. The van der Waals surface area contributed by atoms with E-state index in [-0.39, 0.29) is 12.1 Å². The van der Waals surface area contributed by atoms with Gasteiger partial charge in [0.25, 0.3) is 0 Å². The summed E-state index contributed by atoms with van der Waals surface area (Å²) in [5.41, 5.74) is 1.17. The molecule has 0 aromatic heterocycles. The molecule has 1 aromatic carbocycles. The van der Waals surface area contributed by atoms with Crippen LogP contribution in [0.2, 0.25) is 0 Å². The lowest BCUT2D eigenvalue weighted by molar-refractivity contribution is 0.348. The van der Waals surface area contributed by atoms with Crippen LogP contribution in [0.1, 0.15) is 5.56 Å². The largest absolute Gasteiger partial charge is 0.353 e. The van der Waals surface area contributed by atoms with Gasteiger partial charge in [-0.15, -0.1) is 0 Å². The molecule has 18 heavy (non-hydrogen) atoms. The Bertz CT molecular complexity index is 520. The van der Waals surface area contributed by atoms with Crippen molar-refractivity contribution in [2.24, 2.45) is 0 Å². The van der Waals surface area contributed by atoms with Crippen LogP contribution < -0.4 is 5.32 Å². The first-order valence-electron chi connectivity index (χ1n) is 5.88. The molecule has 0 spiro atoms. The third-order valence-corrected chi connectivity index (χ3v) is 5.60. The summed E-state index contributed by atoms with van der Waals surface area (Å²) >= 11 is 5.31. The lowest BCUT2D eigenvalue weighted by Gasteiger charge is -2.22. The zero-order valence-electron chi connectivity index (χ0n) is 9.78. The second kappa shape index (κ2) is 4.29. The zero-order chi connectivity index (χ0) is 12.8. The summed E-state index contributed by atoms with van der Waals surface area (Å²) in [5, 5.41) is 3.86. The molecule has 2 fully saturated rings. The van der Waals surface area contributed by atoms with Gasteiger partial charge in [-0.1, -0.05) is 34.5 Å². The molecule has 2 heterocycles. The number of fused-ring (bicyclic) bond motifs is 1. The maximum absolute atomic E-state index is 11.8. The van der Waals surface area contributed by atoms with Gasteiger partial charge in [-0.2, -0.15) is 4.55 Å². The molecule has 3 atom stereocenters. The molecule has 96 valence electrons. The minimum atomic E-state index is -2.67. The second-order valence-corrected chi connectivity index (χ2v) is 7.44. The van der Waals surface area contributed by atoms with E-state index in [0.717, 1.165) is 0 Å². The first-order valence-corrected chi connectivity index (χ1v) is 8.14. The molecule has 0 aliphatic carbocycles. The number of thiocarbonyl (C=S) groups is 1. The van der Waals surface area contributed by atoms with E-state index in [4.69, 9.17) is 12.2 Å². The van der Waals surface area contributed by atoms with Gasteiger partial charge in [0.1, 0.15) is 12.1 Å². The summed E-state index contributed by atoms with van der Waals surface area (Å²) in [5.74, 6) is 0.626. The monoisotopic (exact) mass is 283 g/mol. The third kappa shape index (κ3) is 2.15. The highest BCUT2D eigenvalue weighted by molar-refractivity contribution is 7.98. The summed E-state index contributed by atoms with van der Waals surface area (Å²) < 4.78 is 21.4. The van der Waals surface area contributed by atoms with Crippen molar-refractivity contribution in [1.82, 2.24) is 10.2 Å². The summed E-state index contributed by atoms with van der Waals surface area (Å²) in [6.07, 6.45) is 0. The molecule has 0 radical (unpaired) electrons. The SMILES string of the molecule is O=[S+]1(O)C[C@@H]2NC(=S)N(Cc3ccccc3)[C@H]2C1. The number of hydrogen-bond acceptors (Lipinski definition) is 2. The van der Waals surface area contributed by atoms with Crippen LogP contribution in [-0.4, -0.2) is 38.2 Å². The minimum absolute atomic E-state index is 0.0266. The van der Waals surface area contributed by atoms with Crippen molar-refractivity contribution >= 4 is 27.5 Å². The van der Waals surface area contributed by atoms with Crippen LogP contribution >= 0.6 is 12.2 Å². The van der Waals surface area contributed by atoms with Crippen LogP contribution in [0.15, 0.2) is 30.3 Å². The molecule has 1 unspecified atom stereocenters. The Hall–Kier alpha value is -0.980. The van der Waals surface area contributed by atoms with Crippen LogP contribution in [0.5, 0.6) is 0 Å². The standard InChI is InChI=1S/C12H14N2O2S2/c15-18(16)7-10-11(8-18)14(12(17)13-10)6-9-4-2-1-3-5-9/h1-5,10-11H,6-8H2,(H-,13,15,16,17)/p+1/t10-,11-/m0/s1. The molecule has 6 heteroatoms. The van der Waals surface area contributed by atoms with Gasteiger partial charge in [-0.25, -0.2) is 0 Å². The Morgan fingerprint density at radius 3 is 2.83 bits per heavy atom. The molecule has 2 aliphatic rings. The van der Waals surface area contributed by atoms with Crippen molar-refractivity contribution in [3.63, 3.8) is 0 Å². The average Bonchev–Trinajstić information content (AvgIpc) is 2.74. The van der Waals surface area contributed by atoms with Gasteiger partial charge in [-0.05, 0) is 17.8 Å². The van der Waals surface area contributed by atoms with Gasteiger partial charge in [-0.3, -0.25) is 0 Å². The highest BCUT2D eigenvalue weighted by Crippen LogP contribution is 2.28. The predicted octanol–water partition coefficient (Wildman–Crippen LogP) is 1.10. The minimum Gasteiger partial charge on any atom is -0.353 e. The summed E-state index contributed by atoms with van der Waals surface area (Å²) in [6, 6.07) is 10.1. The number of benzene rings is 1. The third-order valence-electron chi connectivity index (χ3n) is 3.50. The molecule has 4 nitrogen and oxygen atoms in total. The molecular formula is C12H15N2O2S2+. The van der Waals surface area contributed by atoms with Crippen molar-refractivity contribution in [2.45, 2.75) is 18.6 Å². The maximum atomic E-state index is 11.8. The van der Waals surface area contributed by atoms with E-state index in [1.54, 1.807) is 0 Å². The van der Waals surface area contributed by atoms with Gasteiger partial charge < -0.3 is 10.2 Å². The van der Waals surface area contributed by atoms with Gasteiger partial charge in [0, 0.05) is 6.54 Å². The van der Waals surface area contributed by atoms with Crippen LogP contribution in [-0.2, 0) is 21.0 Å². The van der Waals surface area contributed by atoms with Gasteiger partial charge in [0.2, 0.25) is 10.2 Å². The molecule has 0 amide bonds. The van der Waals surface area contributed by atoms with Crippen LogP contribution in [0, 0.1) is 0 Å². The van der Waals surface area contributed by atoms with E-state index < -0.39 is 10.2 Å². The topological polar surface area (TPSA) is 52.6 Å². The Kier molecular flexibility index (Phi) is 2.88. The number of nitrogens with zero attached hydrogens (tertiary/aromatic N) is 1. The first-order chi connectivity index (χ1) is 8.55. The highest BCUT2D eigenvalue weighted by Gasteiger charge is 2.53. The Balaban J connectivity index is 1.80. The highest BCUT2D eigenvalue weighted by atomic mass is 32.3. The number of nitrogens with one attached hydrogen (secondary N) is 1. The van der Waals surface area contributed by atoms with E-state index in [0.29, 0.717) is 23.2 Å². The maximum Gasteiger partial charge on any atom is 0.218 e. The molecule has 0 bridgehead atoms. The van der Waals surface area contributed by atoms with Gasteiger partial charge >= 0.3 is 0 Å². The van der Waals surface area contributed by atoms with Crippen molar-refractivity contribution in [1.29, 1.82) is 0 Å². The second-order valence-electron chi connectivity index (χ2n) is 4.84. The molecule has 2 saturated heterocycles. The Morgan fingerprint density at radius 1 is 1.39 bits per heavy atom. The first kappa shape index (κ1) is 12.1. The molecule has 2 N–H and O–H groups in total. The average molecular weight is 283 g/mol. The lowest BCUT2D eigenvalue weighted by Crippen LogP contribution is -2.36. The van der Waals surface area contributed by atoms with Crippen LogP contribution in [0.3, 0.4) is 0 Å². The fourth-order valence-corrected chi connectivity index (χ4v) is 4.95. The molecule has 2 aliphatic heterocycles. The van der Waals surface area contributed by atoms with E-state index >= 15 is 0 Å². The quantitative estimate of drug-likeness (QED) is 0.629. The summed E-state index contributed by atoms with van der Waals surface area (Å²) in [4.78, 5) is 2.04. The van der Waals surface area contributed by atoms with Crippen LogP contribution in [0.25, 0.3) is 0 Å². The van der Waals surface area contributed by atoms with Crippen molar-refractivity contribution in [2.75, 3.05) is 11.5 Å². The molecular weight excluding hydrogens is 268 g/mol. The fourth-order valence-electron chi connectivity index (χ4n) is 2.65. The molecule has 0 saturated carbocycles. The van der Waals surface area contributed by atoms with E-state index in [2.05, 4.69) is 5.32 Å². The Labute approximate surface area is 113 Å². The van der Waals surface area contributed by atoms with Gasteiger partial charge in [0.15, 0.2) is 16.6 Å². The normalized spacial score (nSPS) is 34.5. The van der Waals surface area contributed by atoms with Gasteiger partial charge in [0.05, 0.1) is 0 Å². The number of hydrogen-bond donors (Lipinski definition) is 2. The molecule has 3 rings (SSSR count). The van der Waals surface area contributed by atoms with Crippen molar-refractivity contribution < 1.29 is 8.76 Å². The van der Waals surface area contributed by atoms with Crippen LogP contribution in [0.4, 0.5) is 0 Å². The summed E-state index contributed by atoms with van der Waals surface area (Å²) in [6.45, 7) is 0.698. The van der Waals surface area contributed by atoms with E-state index in [9.17, 15) is 8.76 Å². The van der Waals surface area contributed by atoms with E-state index in [1.165, 1.54) is 5.56 Å².